The summed E-state index contributed by atoms with van der Waals surface area (Å²) in [5.74, 6) is 0.0895. The molecule has 8 N–H and O–H groups in total. The van der Waals surface area contributed by atoms with Crippen molar-refractivity contribution in [1.29, 1.82) is 0 Å². The summed E-state index contributed by atoms with van der Waals surface area (Å²) < 4.78 is 21.8. The molecule has 1 saturated heterocycles. The Morgan fingerprint density at radius 2 is 1.35 bits per heavy atom. The third-order valence-corrected chi connectivity index (χ3v) is 5.73. The van der Waals surface area contributed by atoms with Crippen LogP contribution in [0.1, 0.15) is 17.9 Å². The highest BCUT2D eigenvalue weighted by Gasteiger charge is 2.44. The van der Waals surface area contributed by atoms with Crippen LogP contribution in [-0.4, -0.2) is 109 Å². The van der Waals surface area contributed by atoms with Gasteiger partial charge in [0.1, 0.15) is 61.4 Å². The molecular formula is C19H30O12. The Morgan fingerprint density at radius 1 is 0.742 bits per heavy atom. The van der Waals surface area contributed by atoms with E-state index in [0.717, 1.165) is 0 Å². The van der Waals surface area contributed by atoms with Crippen LogP contribution in [0.5, 0.6) is 0 Å². The van der Waals surface area contributed by atoms with E-state index >= 15 is 0 Å². The van der Waals surface area contributed by atoms with Gasteiger partial charge in [0.2, 0.25) is 0 Å². The summed E-state index contributed by atoms with van der Waals surface area (Å²) in [6.45, 7) is -1.12. The van der Waals surface area contributed by atoms with E-state index in [0.29, 0.717) is 11.5 Å². The molecule has 1 aliphatic heterocycles. The maximum absolute atomic E-state index is 10.1. The summed E-state index contributed by atoms with van der Waals surface area (Å²) in [4.78, 5) is 0. The molecule has 3 rings (SSSR count). The highest BCUT2D eigenvalue weighted by atomic mass is 16.7. The average Bonchev–Trinajstić information content (AvgIpc) is 3.23. The lowest BCUT2D eigenvalue weighted by Gasteiger charge is -2.39. The van der Waals surface area contributed by atoms with Gasteiger partial charge in [0, 0.05) is 12.5 Å². The second-order valence-corrected chi connectivity index (χ2v) is 7.88. The molecule has 1 aromatic rings. The van der Waals surface area contributed by atoms with Crippen LogP contribution in [0.25, 0.3) is 0 Å². The first kappa shape index (κ1) is 24.5. The number of hydrogen-bond donors (Lipinski definition) is 8. The smallest absolute Gasteiger partial charge is 0.187 e. The van der Waals surface area contributed by atoms with Crippen LogP contribution in [0.4, 0.5) is 0 Å². The molecule has 1 saturated carbocycles. The van der Waals surface area contributed by atoms with Crippen molar-refractivity contribution in [1.82, 2.24) is 0 Å². The van der Waals surface area contributed by atoms with Crippen molar-refractivity contribution in [2.45, 2.75) is 74.8 Å². The maximum atomic E-state index is 10.1. The Bertz CT molecular complexity index is 624. The van der Waals surface area contributed by atoms with Crippen molar-refractivity contribution in [3.8, 4) is 0 Å². The lowest BCUT2D eigenvalue weighted by molar-refractivity contribution is -0.304. The molecule has 2 heterocycles. The highest BCUT2D eigenvalue weighted by Crippen LogP contribution is 2.29. The highest BCUT2D eigenvalue weighted by molar-refractivity contribution is 5.06. The Labute approximate surface area is 177 Å². The molecule has 31 heavy (non-hydrogen) atoms. The molecule has 10 unspecified atom stereocenters. The molecule has 0 spiro atoms. The van der Waals surface area contributed by atoms with Crippen molar-refractivity contribution >= 4 is 0 Å². The fourth-order valence-corrected chi connectivity index (χ4v) is 3.76. The standard InChI is InChI=1S/C19H30O12/c20-4-8-3-11(14(23)16(25)13(8)22)28-6-9-1-2-10(30-9)7-29-19-18(27)17(26)15(24)12(5-21)31-19/h1-2,8,11-27H,3-7H2. The number of furan rings is 1. The minimum Gasteiger partial charge on any atom is -0.461 e. The average molecular weight is 450 g/mol. The van der Waals surface area contributed by atoms with E-state index in [2.05, 4.69) is 0 Å². The third kappa shape index (κ3) is 5.43. The zero-order valence-corrected chi connectivity index (χ0v) is 16.7. The normalized spacial score (nSPS) is 41.4. The monoisotopic (exact) mass is 450 g/mol. The fourth-order valence-electron chi connectivity index (χ4n) is 3.76. The van der Waals surface area contributed by atoms with Gasteiger partial charge in [-0.25, -0.2) is 0 Å². The molecule has 0 bridgehead atoms. The molecule has 10 atom stereocenters. The first-order valence-electron chi connectivity index (χ1n) is 10.0. The van der Waals surface area contributed by atoms with Gasteiger partial charge in [-0.05, 0) is 18.6 Å². The van der Waals surface area contributed by atoms with Gasteiger partial charge < -0.3 is 59.5 Å². The molecule has 0 aromatic carbocycles. The fraction of sp³-hybridized carbons (Fsp3) is 0.789. The molecule has 1 aliphatic carbocycles. The Hall–Kier alpha value is -1.16. The molecule has 178 valence electrons. The quantitative estimate of drug-likeness (QED) is 0.195. The lowest BCUT2D eigenvalue weighted by atomic mass is 9.81. The summed E-state index contributed by atoms with van der Waals surface area (Å²) in [5, 5.41) is 77.8. The molecule has 0 amide bonds. The molecule has 0 radical (unpaired) electrons. The number of rotatable bonds is 8. The molecule has 2 aliphatic rings. The van der Waals surface area contributed by atoms with Gasteiger partial charge in [-0.3, -0.25) is 0 Å². The summed E-state index contributed by atoms with van der Waals surface area (Å²) in [5.41, 5.74) is 0. The number of aliphatic hydroxyl groups excluding tert-OH is 8. The predicted molar refractivity (Wildman–Crippen MR) is 99.1 cm³/mol. The van der Waals surface area contributed by atoms with E-state index in [1.807, 2.05) is 0 Å². The summed E-state index contributed by atoms with van der Waals surface area (Å²) >= 11 is 0. The Morgan fingerprint density at radius 3 is 1.97 bits per heavy atom. The van der Waals surface area contributed by atoms with Crippen molar-refractivity contribution in [3.63, 3.8) is 0 Å². The van der Waals surface area contributed by atoms with Gasteiger partial charge in [-0.2, -0.15) is 0 Å². The van der Waals surface area contributed by atoms with Crippen LogP contribution in [0.2, 0.25) is 0 Å². The van der Waals surface area contributed by atoms with Gasteiger partial charge in [0.15, 0.2) is 6.29 Å². The molecule has 12 heteroatoms. The van der Waals surface area contributed by atoms with Gasteiger partial charge in [-0.15, -0.1) is 0 Å². The Kier molecular flexibility index (Phi) is 8.40. The van der Waals surface area contributed by atoms with Gasteiger partial charge in [0.05, 0.1) is 18.8 Å². The molecule has 2 fully saturated rings. The second kappa shape index (κ2) is 10.6. The number of aliphatic hydroxyl groups is 8. The lowest BCUT2D eigenvalue weighted by Crippen LogP contribution is -2.59. The Balaban J connectivity index is 1.50. The predicted octanol–water partition coefficient (Wildman–Crippen LogP) is -3.42. The number of ether oxygens (including phenoxy) is 3. The molecule has 12 nitrogen and oxygen atoms in total. The van der Waals surface area contributed by atoms with Crippen molar-refractivity contribution in [2.75, 3.05) is 13.2 Å². The van der Waals surface area contributed by atoms with Gasteiger partial charge in [0.25, 0.3) is 0 Å². The van der Waals surface area contributed by atoms with Crippen molar-refractivity contribution < 1.29 is 59.5 Å². The van der Waals surface area contributed by atoms with Crippen LogP contribution >= 0.6 is 0 Å². The first-order chi connectivity index (χ1) is 14.8. The van der Waals surface area contributed by atoms with Gasteiger partial charge in [-0.1, -0.05) is 0 Å². The zero-order valence-electron chi connectivity index (χ0n) is 16.7. The van der Waals surface area contributed by atoms with E-state index in [1.165, 1.54) is 0 Å². The van der Waals surface area contributed by atoms with Crippen LogP contribution in [0, 0.1) is 5.92 Å². The van der Waals surface area contributed by atoms with Crippen molar-refractivity contribution in [3.05, 3.63) is 23.7 Å². The minimum absolute atomic E-state index is 0.0528. The largest absolute Gasteiger partial charge is 0.461 e. The van der Waals surface area contributed by atoms with E-state index in [9.17, 15) is 40.9 Å². The first-order valence-corrected chi connectivity index (χ1v) is 10.0. The van der Waals surface area contributed by atoms with Crippen LogP contribution in [0.15, 0.2) is 16.5 Å². The summed E-state index contributed by atoms with van der Waals surface area (Å²) in [6, 6.07) is 3.17. The second-order valence-electron chi connectivity index (χ2n) is 7.88. The van der Waals surface area contributed by atoms with Crippen LogP contribution < -0.4 is 0 Å². The van der Waals surface area contributed by atoms with E-state index < -0.39 is 67.6 Å². The SMILES string of the molecule is OCC1CC(OCc2ccc(COC3OC(CO)C(O)C(O)C3O)o2)C(O)C(O)C1O. The van der Waals surface area contributed by atoms with Crippen LogP contribution in [-0.2, 0) is 27.4 Å². The van der Waals surface area contributed by atoms with E-state index in [4.69, 9.17) is 18.6 Å². The zero-order chi connectivity index (χ0) is 22.7. The summed E-state index contributed by atoms with van der Waals surface area (Å²) in [6.07, 6.45) is -11.6. The third-order valence-electron chi connectivity index (χ3n) is 5.73. The van der Waals surface area contributed by atoms with Gasteiger partial charge >= 0.3 is 0 Å². The van der Waals surface area contributed by atoms with E-state index in [1.54, 1.807) is 12.1 Å². The number of hydrogen-bond acceptors (Lipinski definition) is 12. The van der Waals surface area contributed by atoms with Crippen LogP contribution in [0.3, 0.4) is 0 Å². The molecule has 1 aromatic heterocycles. The summed E-state index contributed by atoms with van der Waals surface area (Å²) in [7, 11) is 0. The minimum atomic E-state index is -1.55. The van der Waals surface area contributed by atoms with E-state index in [-0.39, 0.29) is 26.2 Å². The van der Waals surface area contributed by atoms with Crippen molar-refractivity contribution in [2.24, 2.45) is 5.92 Å². The molecular weight excluding hydrogens is 420 g/mol. The maximum Gasteiger partial charge on any atom is 0.187 e. The topological polar surface area (TPSA) is 203 Å².